The summed E-state index contributed by atoms with van der Waals surface area (Å²) in [5.41, 5.74) is 3.40. The van der Waals surface area contributed by atoms with Gasteiger partial charge in [0, 0.05) is 17.8 Å². The number of fused-ring (bicyclic) bond motifs is 2. The van der Waals surface area contributed by atoms with Crippen LogP contribution in [-0.2, 0) is 6.42 Å². The van der Waals surface area contributed by atoms with Gasteiger partial charge in [-0.05, 0) is 60.7 Å². The van der Waals surface area contributed by atoms with Crippen molar-refractivity contribution in [3.63, 3.8) is 0 Å². The van der Waals surface area contributed by atoms with Crippen molar-refractivity contribution in [2.75, 3.05) is 14.2 Å². The Bertz CT molecular complexity index is 1190. The predicted molar refractivity (Wildman–Crippen MR) is 109 cm³/mol. The SMILES string of the molecule is COc1cc(C=C2CCCc3c2nc2ccc(C(=O)O)cn2c3=O)cc(OC)c1. The summed E-state index contributed by atoms with van der Waals surface area (Å²) < 4.78 is 12.0. The smallest absolute Gasteiger partial charge is 0.337 e. The van der Waals surface area contributed by atoms with Crippen molar-refractivity contribution in [2.24, 2.45) is 0 Å². The van der Waals surface area contributed by atoms with Crippen LogP contribution in [0.1, 0.15) is 40.0 Å². The minimum atomic E-state index is -1.08. The van der Waals surface area contributed by atoms with Crippen molar-refractivity contribution < 1.29 is 19.4 Å². The quantitative estimate of drug-likeness (QED) is 0.733. The second kappa shape index (κ2) is 7.43. The highest BCUT2D eigenvalue weighted by Crippen LogP contribution is 2.32. The molecule has 0 radical (unpaired) electrons. The van der Waals surface area contributed by atoms with E-state index in [2.05, 4.69) is 4.98 Å². The zero-order valence-electron chi connectivity index (χ0n) is 16.1. The summed E-state index contributed by atoms with van der Waals surface area (Å²) in [5.74, 6) is 0.282. The Kier molecular flexibility index (Phi) is 4.80. The number of nitrogens with zero attached hydrogens (tertiary/aromatic N) is 2. The van der Waals surface area contributed by atoms with E-state index >= 15 is 0 Å². The second-order valence-corrected chi connectivity index (χ2v) is 6.86. The fourth-order valence-corrected chi connectivity index (χ4v) is 3.62. The first-order chi connectivity index (χ1) is 14.0. The topological polar surface area (TPSA) is 90.1 Å². The van der Waals surface area contributed by atoms with Crippen LogP contribution in [0.15, 0.2) is 41.3 Å². The molecule has 148 valence electrons. The van der Waals surface area contributed by atoms with Gasteiger partial charge in [0.2, 0.25) is 0 Å². The fraction of sp³-hybridized carbons (Fsp3) is 0.227. The van der Waals surface area contributed by atoms with Crippen LogP contribution in [0.2, 0.25) is 0 Å². The molecule has 0 fully saturated rings. The number of benzene rings is 1. The van der Waals surface area contributed by atoms with Crippen LogP contribution < -0.4 is 15.0 Å². The first kappa shape index (κ1) is 18.7. The molecule has 0 bridgehead atoms. The summed E-state index contributed by atoms with van der Waals surface area (Å²) in [6, 6.07) is 8.62. The van der Waals surface area contributed by atoms with Crippen molar-refractivity contribution >= 4 is 23.3 Å². The Morgan fingerprint density at radius 1 is 1.14 bits per heavy atom. The highest BCUT2D eigenvalue weighted by atomic mass is 16.5. The molecule has 2 heterocycles. The summed E-state index contributed by atoms with van der Waals surface area (Å²) in [6.07, 6.45) is 5.56. The third-order valence-corrected chi connectivity index (χ3v) is 5.05. The molecule has 1 aliphatic carbocycles. The van der Waals surface area contributed by atoms with Crippen molar-refractivity contribution in [1.82, 2.24) is 9.38 Å². The van der Waals surface area contributed by atoms with Gasteiger partial charge in [0.15, 0.2) is 0 Å². The Hall–Kier alpha value is -3.61. The number of aromatic nitrogens is 2. The summed E-state index contributed by atoms with van der Waals surface area (Å²) in [7, 11) is 3.20. The van der Waals surface area contributed by atoms with Gasteiger partial charge in [-0.1, -0.05) is 0 Å². The average Bonchev–Trinajstić information content (AvgIpc) is 2.74. The van der Waals surface area contributed by atoms with Crippen LogP contribution in [0.25, 0.3) is 17.3 Å². The third-order valence-electron chi connectivity index (χ3n) is 5.05. The Morgan fingerprint density at radius 3 is 2.52 bits per heavy atom. The lowest BCUT2D eigenvalue weighted by atomic mass is 9.90. The van der Waals surface area contributed by atoms with Crippen LogP contribution in [0, 0.1) is 0 Å². The highest BCUT2D eigenvalue weighted by Gasteiger charge is 2.21. The normalized spacial score (nSPS) is 14.6. The maximum atomic E-state index is 13.0. The molecule has 7 heteroatoms. The van der Waals surface area contributed by atoms with E-state index in [1.165, 1.54) is 16.7 Å². The van der Waals surface area contributed by atoms with Gasteiger partial charge in [-0.15, -0.1) is 0 Å². The monoisotopic (exact) mass is 392 g/mol. The van der Waals surface area contributed by atoms with Crippen LogP contribution in [-0.4, -0.2) is 34.7 Å². The fourth-order valence-electron chi connectivity index (χ4n) is 3.62. The lowest BCUT2D eigenvalue weighted by Crippen LogP contribution is -2.25. The number of carboxylic acids is 1. The maximum Gasteiger partial charge on any atom is 0.337 e. The molecular formula is C22H20N2O5. The number of allylic oxidation sites excluding steroid dienone is 1. The van der Waals surface area contributed by atoms with E-state index in [-0.39, 0.29) is 11.1 Å². The molecule has 0 amide bonds. The summed E-state index contributed by atoms with van der Waals surface area (Å²) in [4.78, 5) is 28.9. The van der Waals surface area contributed by atoms with E-state index in [1.807, 2.05) is 18.2 Å². The zero-order valence-corrected chi connectivity index (χ0v) is 16.1. The molecule has 7 nitrogen and oxygen atoms in total. The number of hydrogen-bond acceptors (Lipinski definition) is 5. The molecule has 1 N–H and O–H groups in total. The van der Waals surface area contributed by atoms with Gasteiger partial charge in [0.1, 0.15) is 17.1 Å². The molecule has 0 atom stereocenters. The number of carboxylic acid groups (broad SMARTS) is 1. The molecule has 0 saturated heterocycles. The van der Waals surface area contributed by atoms with Crippen LogP contribution in [0.3, 0.4) is 0 Å². The highest BCUT2D eigenvalue weighted by molar-refractivity contribution is 5.88. The van der Waals surface area contributed by atoms with Crippen molar-refractivity contribution in [2.45, 2.75) is 19.3 Å². The van der Waals surface area contributed by atoms with Gasteiger partial charge in [-0.2, -0.15) is 0 Å². The molecule has 1 aliphatic rings. The number of ether oxygens (including phenoxy) is 2. The predicted octanol–water partition coefficient (Wildman–Crippen LogP) is 3.29. The lowest BCUT2D eigenvalue weighted by Gasteiger charge is -2.19. The summed E-state index contributed by atoms with van der Waals surface area (Å²) >= 11 is 0. The Balaban J connectivity index is 1.88. The molecule has 0 unspecified atom stereocenters. The van der Waals surface area contributed by atoms with Crippen LogP contribution in [0.5, 0.6) is 11.5 Å². The molecule has 1 aromatic carbocycles. The first-order valence-electron chi connectivity index (χ1n) is 9.23. The lowest BCUT2D eigenvalue weighted by molar-refractivity contribution is 0.0696. The molecule has 0 saturated carbocycles. The standard InChI is InChI=1S/C22H20N2O5/c1-28-16-9-13(10-17(11-16)29-2)8-14-4-3-5-18-20(14)23-19-7-6-15(22(26)27)12-24(19)21(18)25/h6-12H,3-5H2,1-2H3,(H,26,27). The minimum absolute atomic E-state index is 0.0522. The number of hydrogen-bond donors (Lipinski definition) is 1. The van der Waals surface area contributed by atoms with Gasteiger partial charge in [-0.25, -0.2) is 9.78 Å². The van der Waals surface area contributed by atoms with E-state index in [1.54, 1.807) is 26.4 Å². The largest absolute Gasteiger partial charge is 0.497 e. The number of pyridine rings is 1. The van der Waals surface area contributed by atoms with Gasteiger partial charge in [0.25, 0.3) is 5.56 Å². The molecule has 0 spiro atoms. The van der Waals surface area contributed by atoms with Crippen LogP contribution >= 0.6 is 0 Å². The number of rotatable bonds is 4. The summed E-state index contributed by atoms with van der Waals surface area (Å²) in [6.45, 7) is 0. The van der Waals surface area contributed by atoms with E-state index in [0.717, 1.165) is 24.0 Å². The molecular weight excluding hydrogens is 372 g/mol. The Labute approximate surface area is 166 Å². The number of methoxy groups -OCH3 is 2. The van der Waals surface area contributed by atoms with Gasteiger partial charge in [-0.3, -0.25) is 9.20 Å². The first-order valence-corrected chi connectivity index (χ1v) is 9.23. The van der Waals surface area contributed by atoms with Crippen molar-refractivity contribution in [1.29, 1.82) is 0 Å². The van der Waals surface area contributed by atoms with Gasteiger partial charge < -0.3 is 14.6 Å². The van der Waals surface area contributed by atoms with E-state index in [0.29, 0.717) is 34.8 Å². The second-order valence-electron chi connectivity index (χ2n) is 6.86. The molecule has 29 heavy (non-hydrogen) atoms. The third kappa shape index (κ3) is 3.47. The van der Waals surface area contributed by atoms with Crippen molar-refractivity contribution in [3.8, 4) is 11.5 Å². The zero-order chi connectivity index (χ0) is 20.5. The molecule has 3 aromatic rings. The van der Waals surface area contributed by atoms with E-state index < -0.39 is 5.97 Å². The molecule has 0 aliphatic heterocycles. The minimum Gasteiger partial charge on any atom is -0.497 e. The summed E-state index contributed by atoms with van der Waals surface area (Å²) in [5, 5.41) is 9.20. The van der Waals surface area contributed by atoms with Crippen molar-refractivity contribution in [3.05, 3.63) is 69.3 Å². The number of aromatic carboxylic acids is 1. The van der Waals surface area contributed by atoms with E-state index in [4.69, 9.17) is 9.47 Å². The van der Waals surface area contributed by atoms with E-state index in [9.17, 15) is 14.7 Å². The van der Waals surface area contributed by atoms with Crippen LogP contribution in [0.4, 0.5) is 0 Å². The Morgan fingerprint density at radius 2 is 1.86 bits per heavy atom. The van der Waals surface area contributed by atoms with Gasteiger partial charge >= 0.3 is 5.97 Å². The van der Waals surface area contributed by atoms with Gasteiger partial charge in [0.05, 0.1) is 25.5 Å². The molecule has 4 rings (SSSR count). The average molecular weight is 392 g/mol. The molecule has 2 aromatic heterocycles. The number of carbonyl (C=O) groups is 1. The maximum absolute atomic E-state index is 13.0.